The number of nitrogens with one attached hydrogen (secondary N) is 1. The van der Waals surface area contributed by atoms with Gasteiger partial charge >= 0.3 is 0 Å². The molecule has 0 saturated carbocycles. The summed E-state index contributed by atoms with van der Waals surface area (Å²) in [6.45, 7) is 6.46. The second kappa shape index (κ2) is 10.4. The minimum atomic E-state index is -0.101. The zero-order valence-electron chi connectivity index (χ0n) is 15.8. The summed E-state index contributed by atoms with van der Waals surface area (Å²) in [7, 11) is 0. The maximum atomic E-state index is 12.0. The first kappa shape index (κ1) is 19.8. The third kappa shape index (κ3) is 7.55. The quantitative estimate of drug-likeness (QED) is 0.677. The van der Waals surface area contributed by atoms with Crippen molar-refractivity contribution >= 4 is 5.91 Å². The first-order chi connectivity index (χ1) is 12.5. The van der Waals surface area contributed by atoms with Gasteiger partial charge in [-0.2, -0.15) is 0 Å². The van der Waals surface area contributed by atoms with Crippen LogP contribution in [0.2, 0.25) is 0 Å². The van der Waals surface area contributed by atoms with Crippen molar-refractivity contribution in [3.63, 3.8) is 0 Å². The highest BCUT2D eigenvalue weighted by molar-refractivity contribution is 5.77. The lowest BCUT2D eigenvalue weighted by Gasteiger charge is -2.15. The first-order valence-electron chi connectivity index (χ1n) is 9.14. The molecule has 140 valence electrons. The molecule has 0 fully saturated rings. The number of benzene rings is 1. The smallest absolute Gasteiger partial charge is 0.258 e. The zero-order valence-corrected chi connectivity index (χ0v) is 15.8. The summed E-state index contributed by atoms with van der Waals surface area (Å²) >= 11 is 0. The number of ether oxygens (including phenoxy) is 2. The fourth-order valence-electron chi connectivity index (χ4n) is 2.50. The lowest BCUT2D eigenvalue weighted by Crippen LogP contribution is -2.36. The molecule has 1 aromatic heterocycles. The van der Waals surface area contributed by atoms with E-state index in [9.17, 15) is 4.79 Å². The molecule has 0 spiro atoms. The molecule has 0 aliphatic rings. The summed E-state index contributed by atoms with van der Waals surface area (Å²) in [5.74, 6) is 2.42. The van der Waals surface area contributed by atoms with Crippen molar-refractivity contribution in [1.82, 2.24) is 10.3 Å². The molecule has 1 heterocycles. The van der Waals surface area contributed by atoms with Gasteiger partial charge in [0.2, 0.25) is 5.88 Å². The number of hydrogen-bond donors (Lipinski definition) is 1. The van der Waals surface area contributed by atoms with E-state index in [0.717, 1.165) is 12.8 Å². The topological polar surface area (TPSA) is 60.5 Å². The van der Waals surface area contributed by atoms with Gasteiger partial charge in [0.25, 0.3) is 5.91 Å². The number of pyridine rings is 1. The van der Waals surface area contributed by atoms with Gasteiger partial charge in [-0.1, -0.05) is 32.8 Å². The predicted octanol–water partition coefficient (Wildman–Crippen LogP) is 4.58. The Morgan fingerprint density at radius 3 is 2.42 bits per heavy atom. The molecular formula is C21H28N2O3. The molecule has 0 saturated heterocycles. The van der Waals surface area contributed by atoms with Crippen LogP contribution in [0.4, 0.5) is 0 Å². The van der Waals surface area contributed by atoms with Gasteiger partial charge in [0.15, 0.2) is 6.61 Å². The molecule has 1 aromatic carbocycles. The van der Waals surface area contributed by atoms with Gasteiger partial charge in [-0.3, -0.25) is 4.79 Å². The molecule has 1 N–H and O–H groups in total. The van der Waals surface area contributed by atoms with Crippen molar-refractivity contribution in [2.75, 3.05) is 6.61 Å². The van der Waals surface area contributed by atoms with Crippen LogP contribution in [-0.2, 0) is 4.79 Å². The summed E-state index contributed by atoms with van der Waals surface area (Å²) < 4.78 is 11.2. The highest BCUT2D eigenvalue weighted by atomic mass is 16.5. The molecular weight excluding hydrogens is 328 g/mol. The molecule has 2 aromatic rings. The minimum Gasteiger partial charge on any atom is -0.484 e. The van der Waals surface area contributed by atoms with Gasteiger partial charge < -0.3 is 14.8 Å². The van der Waals surface area contributed by atoms with E-state index in [-0.39, 0.29) is 18.6 Å². The highest BCUT2D eigenvalue weighted by Crippen LogP contribution is 2.22. The molecule has 2 rings (SSSR count). The van der Waals surface area contributed by atoms with E-state index in [1.165, 1.54) is 6.42 Å². The van der Waals surface area contributed by atoms with Crippen molar-refractivity contribution in [3.05, 3.63) is 48.7 Å². The number of hydrogen-bond acceptors (Lipinski definition) is 4. The molecule has 0 aliphatic carbocycles. The Morgan fingerprint density at radius 2 is 1.77 bits per heavy atom. The van der Waals surface area contributed by atoms with Crippen LogP contribution in [-0.4, -0.2) is 23.5 Å². The van der Waals surface area contributed by atoms with E-state index < -0.39 is 0 Å². The third-order valence-electron chi connectivity index (χ3n) is 3.88. The number of nitrogens with zero attached hydrogens (tertiary/aromatic N) is 1. The highest BCUT2D eigenvalue weighted by Gasteiger charge is 2.08. The van der Waals surface area contributed by atoms with Crippen LogP contribution in [0.5, 0.6) is 17.4 Å². The summed E-state index contributed by atoms with van der Waals surface area (Å²) in [5.41, 5.74) is 0. The monoisotopic (exact) mass is 356 g/mol. The molecule has 0 radical (unpaired) electrons. The largest absolute Gasteiger partial charge is 0.484 e. The van der Waals surface area contributed by atoms with Gasteiger partial charge in [0.05, 0.1) is 0 Å². The fraction of sp³-hybridized carbons (Fsp3) is 0.429. The second-order valence-electron chi connectivity index (χ2n) is 6.82. The van der Waals surface area contributed by atoms with E-state index in [4.69, 9.17) is 9.47 Å². The Hall–Kier alpha value is -2.56. The number of carbonyl (C=O) groups is 1. The minimum absolute atomic E-state index is 0.00889. The molecule has 26 heavy (non-hydrogen) atoms. The Morgan fingerprint density at radius 1 is 1.04 bits per heavy atom. The zero-order chi connectivity index (χ0) is 18.8. The summed E-state index contributed by atoms with van der Waals surface area (Å²) in [5, 5.41) is 2.97. The van der Waals surface area contributed by atoms with E-state index in [1.807, 2.05) is 19.1 Å². The van der Waals surface area contributed by atoms with Crippen LogP contribution in [0.3, 0.4) is 0 Å². The molecule has 1 unspecified atom stereocenters. The predicted molar refractivity (Wildman–Crippen MR) is 103 cm³/mol. The van der Waals surface area contributed by atoms with Crippen LogP contribution in [0.15, 0.2) is 48.7 Å². The molecule has 0 bridgehead atoms. The number of amides is 1. The lowest BCUT2D eigenvalue weighted by molar-refractivity contribution is -0.123. The molecule has 5 heteroatoms. The van der Waals surface area contributed by atoms with Gasteiger partial charge in [-0.25, -0.2) is 4.98 Å². The van der Waals surface area contributed by atoms with Crippen LogP contribution >= 0.6 is 0 Å². The van der Waals surface area contributed by atoms with Crippen LogP contribution in [0.1, 0.15) is 40.0 Å². The van der Waals surface area contributed by atoms with Gasteiger partial charge in [-0.05, 0) is 49.6 Å². The summed E-state index contributed by atoms with van der Waals surface area (Å²) in [6, 6.07) is 12.8. The van der Waals surface area contributed by atoms with Crippen molar-refractivity contribution in [1.29, 1.82) is 0 Å². The normalized spacial score (nSPS) is 11.8. The van der Waals surface area contributed by atoms with Crippen molar-refractivity contribution in [2.24, 2.45) is 5.92 Å². The van der Waals surface area contributed by atoms with Crippen molar-refractivity contribution in [2.45, 2.75) is 46.1 Å². The Balaban J connectivity index is 1.71. The van der Waals surface area contributed by atoms with E-state index >= 15 is 0 Å². The SMILES string of the molecule is CC(C)CCCC(C)NC(=O)COc1ccc(Oc2ccccn2)cc1. The van der Waals surface area contributed by atoms with Crippen molar-refractivity contribution in [3.8, 4) is 17.4 Å². The van der Waals surface area contributed by atoms with E-state index in [0.29, 0.717) is 23.3 Å². The Labute approximate surface area is 155 Å². The molecule has 1 amide bonds. The maximum Gasteiger partial charge on any atom is 0.258 e. The fourth-order valence-corrected chi connectivity index (χ4v) is 2.50. The maximum absolute atomic E-state index is 12.0. The van der Waals surface area contributed by atoms with E-state index in [2.05, 4.69) is 24.1 Å². The van der Waals surface area contributed by atoms with Gasteiger partial charge in [0.1, 0.15) is 11.5 Å². The first-order valence-corrected chi connectivity index (χ1v) is 9.14. The number of carbonyl (C=O) groups excluding carboxylic acids is 1. The summed E-state index contributed by atoms with van der Waals surface area (Å²) in [6.07, 6.45) is 4.97. The van der Waals surface area contributed by atoms with Crippen LogP contribution in [0, 0.1) is 5.92 Å². The molecule has 0 aliphatic heterocycles. The molecule has 1 atom stereocenters. The Kier molecular flexibility index (Phi) is 7.93. The van der Waals surface area contributed by atoms with Gasteiger partial charge in [-0.15, -0.1) is 0 Å². The Bertz CT molecular complexity index is 657. The van der Waals surface area contributed by atoms with Crippen molar-refractivity contribution < 1.29 is 14.3 Å². The second-order valence-corrected chi connectivity index (χ2v) is 6.82. The summed E-state index contributed by atoms with van der Waals surface area (Å²) in [4.78, 5) is 16.1. The lowest BCUT2D eigenvalue weighted by atomic mass is 10.0. The van der Waals surface area contributed by atoms with Crippen LogP contribution < -0.4 is 14.8 Å². The average Bonchev–Trinajstić information content (AvgIpc) is 2.61. The third-order valence-corrected chi connectivity index (χ3v) is 3.88. The number of rotatable bonds is 10. The standard InChI is InChI=1S/C21H28N2O3/c1-16(2)7-6-8-17(3)23-20(24)15-25-18-10-12-19(13-11-18)26-21-9-4-5-14-22-21/h4-5,9-14,16-17H,6-8,15H2,1-3H3,(H,23,24). The molecule has 5 nitrogen and oxygen atoms in total. The van der Waals surface area contributed by atoms with E-state index in [1.54, 1.807) is 36.5 Å². The average molecular weight is 356 g/mol. The van der Waals surface area contributed by atoms with Crippen LogP contribution in [0.25, 0.3) is 0 Å². The number of aromatic nitrogens is 1. The van der Waals surface area contributed by atoms with Gasteiger partial charge in [0, 0.05) is 18.3 Å².